The van der Waals surface area contributed by atoms with Crippen molar-refractivity contribution in [2.75, 3.05) is 0 Å². The van der Waals surface area contributed by atoms with E-state index in [-0.39, 0.29) is 36.0 Å². The van der Waals surface area contributed by atoms with Crippen molar-refractivity contribution < 1.29 is 47.6 Å². The van der Waals surface area contributed by atoms with Crippen LogP contribution in [0.5, 0.6) is 0 Å². The van der Waals surface area contributed by atoms with Gasteiger partial charge in [-0.2, -0.15) is 0 Å². The van der Waals surface area contributed by atoms with Crippen LogP contribution < -0.4 is 29.6 Å². The molecule has 0 fully saturated rings. The Labute approximate surface area is 159 Å². The van der Waals surface area contributed by atoms with Gasteiger partial charge in [0.25, 0.3) is 0 Å². The second-order valence-electron chi connectivity index (χ2n) is 6.06. The molecule has 1 N–H and O–H groups in total. The summed E-state index contributed by atoms with van der Waals surface area (Å²) in [5.41, 5.74) is 0. The zero-order chi connectivity index (χ0) is 16.1. The van der Waals surface area contributed by atoms with Gasteiger partial charge in [0.2, 0.25) is 0 Å². The second kappa shape index (κ2) is 15.4. The Hall–Kier alpha value is 0.870. The van der Waals surface area contributed by atoms with Crippen LogP contribution in [0.2, 0.25) is 0 Å². The minimum atomic E-state index is -4.30. The Balaban J connectivity index is 0. The van der Waals surface area contributed by atoms with Gasteiger partial charge in [0.15, 0.2) is 0 Å². The van der Waals surface area contributed by atoms with E-state index < -0.39 is 21.5 Å². The average molecular weight is 344 g/mol. The topological polar surface area (TPSA) is 77.4 Å². The molecule has 0 amide bonds. The number of hydrogen-bond donors (Lipinski definition) is 1. The number of rotatable bonds is 14. The van der Waals surface area contributed by atoms with Crippen LogP contribution in [0, 0.1) is 0 Å². The van der Waals surface area contributed by atoms with E-state index in [0.717, 1.165) is 32.1 Å². The van der Waals surface area contributed by atoms with Crippen molar-refractivity contribution in [3.05, 3.63) is 0 Å². The van der Waals surface area contributed by atoms with E-state index in [9.17, 15) is 18.1 Å². The fourth-order valence-electron chi connectivity index (χ4n) is 2.57. The van der Waals surface area contributed by atoms with Gasteiger partial charge in [0.05, 0.1) is 21.5 Å². The predicted octanol–water partition coefficient (Wildman–Crippen LogP) is 0.986. The Bertz CT molecular complexity index is 333. The summed E-state index contributed by atoms with van der Waals surface area (Å²) in [4.78, 5) is 0. The molecule has 0 aliphatic rings. The maximum Gasteiger partial charge on any atom is 1.00 e. The van der Waals surface area contributed by atoms with Crippen LogP contribution in [0.3, 0.4) is 0 Å². The third kappa shape index (κ3) is 14.5. The van der Waals surface area contributed by atoms with Crippen molar-refractivity contribution in [3.8, 4) is 0 Å². The summed E-state index contributed by atoms with van der Waals surface area (Å²) in [5.74, 6) is 0. The molecule has 0 aliphatic heterocycles. The summed E-state index contributed by atoms with van der Waals surface area (Å²) in [6, 6.07) is 0. The van der Waals surface area contributed by atoms with E-state index in [1.54, 1.807) is 0 Å². The van der Waals surface area contributed by atoms with Crippen molar-refractivity contribution in [1.82, 2.24) is 0 Å². The van der Waals surface area contributed by atoms with Crippen LogP contribution >= 0.6 is 0 Å². The third-order valence-corrected chi connectivity index (χ3v) is 5.21. The summed E-state index contributed by atoms with van der Waals surface area (Å²) >= 11 is 0. The zero-order valence-electron chi connectivity index (χ0n) is 14.7. The van der Waals surface area contributed by atoms with Crippen LogP contribution in [-0.4, -0.2) is 29.4 Å². The molecule has 0 bridgehead atoms. The molecule has 0 spiro atoms. The maximum atomic E-state index is 11.3. The standard InChI is InChI=1S/C16H34O4S.Na/c1-3-5-7-8-9-10-11-13-16(21(18,19)20)14-15(17)12-6-4-2;/h15-17H,3-14H2,1-2H3,(H,18,19,20);/q;+1/p-1. The molecule has 0 radical (unpaired) electrons. The van der Waals surface area contributed by atoms with E-state index in [4.69, 9.17) is 0 Å². The van der Waals surface area contributed by atoms with Crippen molar-refractivity contribution in [2.45, 2.75) is 102 Å². The minimum absolute atomic E-state index is 0. The Morgan fingerprint density at radius 3 is 1.86 bits per heavy atom. The molecule has 4 nitrogen and oxygen atoms in total. The molecule has 6 heteroatoms. The fourth-order valence-corrected chi connectivity index (χ4v) is 3.48. The molecule has 0 aliphatic carbocycles. The first-order chi connectivity index (χ1) is 9.91. The van der Waals surface area contributed by atoms with Gasteiger partial charge in [-0.05, 0) is 19.3 Å². The quantitative estimate of drug-likeness (QED) is 0.290. The number of aliphatic hydroxyl groups excluding tert-OH is 1. The van der Waals surface area contributed by atoms with Crippen LogP contribution in [0.15, 0.2) is 0 Å². The van der Waals surface area contributed by atoms with Crippen LogP contribution in [-0.2, 0) is 10.1 Å². The molecule has 2 atom stereocenters. The largest absolute Gasteiger partial charge is 1.00 e. The molecule has 0 rings (SSSR count). The SMILES string of the molecule is CCCCCCCCCC(CC(O)CCCC)S(=O)(=O)[O-].[Na+]. The number of aliphatic hydroxyl groups is 1. The van der Waals surface area contributed by atoms with E-state index in [2.05, 4.69) is 6.92 Å². The van der Waals surface area contributed by atoms with Crippen molar-refractivity contribution in [2.24, 2.45) is 0 Å². The third-order valence-electron chi connectivity index (χ3n) is 3.96. The Morgan fingerprint density at radius 2 is 1.36 bits per heavy atom. The molecule has 0 aromatic heterocycles. The fraction of sp³-hybridized carbons (Fsp3) is 1.00. The van der Waals surface area contributed by atoms with Gasteiger partial charge >= 0.3 is 29.6 Å². The maximum absolute atomic E-state index is 11.3. The summed E-state index contributed by atoms with van der Waals surface area (Å²) in [7, 11) is -4.30. The minimum Gasteiger partial charge on any atom is -0.748 e. The number of unbranched alkanes of at least 4 members (excludes halogenated alkanes) is 7. The molecule has 0 aromatic rings. The summed E-state index contributed by atoms with van der Waals surface area (Å²) in [6.45, 7) is 4.20. The van der Waals surface area contributed by atoms with Gasteiger partial charge in [-0.3, -0.25) is 0 Å². The van der Waals surface area contributed by atoms with E-state index in [0.29, 0.717) is 12.8 Å². The first-order valence-corrected chi connectivity index (χ1v) is 10.0. The van der Waals surface area contributed by atoms with Crippen molar-refractivity contribution in [3.63, 3.8) is 0 Å². The monoisotopic (exact) mass is 344 g/mol. The van der Waals surface area contributed by atoms with Gasteiger partial charge in [-0.15, -0.1) is 0 Å². The Kier molecular flexibility index (Phi) is 17.6. The molecule has 0 heterocycles. The summed E-state index contributed by atoms with van der Waals surface area (Å²) in [6.07, 6.45) is 9.95. The number of hydrogen-bond acceptors (Lipinski definition) is 4. The zero-order valence-corrected chi connectivity index (χ0v) is 17.5. The first-order valence-electron chi connectivity index (χ1n) is 8.54. The summed E-state index contributed by atoms with van der Waals surface area (Å²) in [5, 5.41) is 8.89. The van der Waals surface area contributed by atoms with Crippen LogP contribution in [0.25, 0.3) is 0 Å². The molecule has 0 saturated heterocycles. The molecular formula is C16H33NaO4S. The van der Waals surface area contributed by atoms with E-state index in [1.165, 1.54) is 25.7 Å². The molecule has 22 heavy (non-hydrogen) atoms. The molecule has 2 unspecified atom stereocenters. The van der Waals surface area contributed by atoms with E-state index in [1.807, 2.05) is 6.92 Å². The Morgan fingerprint density at radius 1 is 0.864 bits per heavy atom. The molecule has 128 valence electrons. The van der Waals surface area contributed by atoms with Gasteiger partial charge in [0.1, 0.15) is 0 Å². The normalized spacial score (nSPS) is 14.4. The predicted molar refractivity (Wildman–Crippen MR) is 86.2 cm³/mol. The second-order valence-corrected chi connectivity index (χ2v) is 7.71. The molecule has 0 saturated carbocycles. The van der Waals surface area contributed by atoms with Gasteiger partial charge in [-0.25, -0.2) is 8.42 Å². The smallest absolute Gasteiger partial charge is 0.748 e. The molecule has 0 aromatic carbocycles. The van der Waals surface area contributed by atoms with Gasteiger partial charge in [0, 0.05) is 0 Å². The average Bonchev–Trinajstić information content (AvgIpc) is 2.41. The van der Waals surface area contributed by atoms with Crippen LogP contribution in [0.1, 0.15) is 90.9 Å². The molecular weight excluding hydrogens is 311 g/mol. The first kappa shape index (κ1) is 25.1. The van der Waals surface area contributed by atoms with Gasteiger partial charge in [-0.1, -0.05) is 71.6 Å². The van der Waals surface area contributed by atoms with Crippen molar-refractivity contribution >= 4 is 10.1 Å². The van der Waals surface area contributed by atoms with Crippen molar-refractivity contribution in [1.29, 1.82) is 0 Å². The van der Waals surface area contributed by atoms with Gasteiger partial charge < -0.3 is 9.66 Å². The van der Waals surface area contributed by atoms with Crippen LogP contribution in [0.4, 0.5) is 0 Å². The summed E-state index contributed by atoms with van der Waals surface area (Å²) < 4.78 is 33.8. The van der Waals surface area contributed by atoms with E-state index >= 15 is 0 Å².